The number of carbonyl (C=O) groups excluding carboxylic acids is 3. The van der Waals surface area contributed by atoms with Gasteiger partial charge in [0.25, 0.3) is 5.91 Å². The minimum absolute atomic E-state index is 0.353. The molecule has 150 valence electrons. The van der Waals surface area contributed by atoms with Gasteiger partial charge < -0.3 is 14.8 Å². The Labute approximate surface area is 168 Å². The summed E-state index contributed by atoms with van der Waals surface area (Å²) in [5, 5.41) is 2.82. The smallest absolute Gasteiger partial charge is 0.418 e. The molecule has 7 heteroatoms. The van der Waals surface area contributed by atoms with Gasteiger partial charge in [-0.3, -0.25) is 9.59 Å². The van der Waals surface area contributed by atoms with Crippen LogP contribution in [0.2, 0.25) is 0 Å². The van der Waals surface area contributed by atoms with Crippen molar-refractivity contribution in [1.82, 2.24) is 10.2 Å². The molecule has 1 aliphatic carbocycles. The number of aryl methyl sites for hydroxylation is 1. The Hall–Kier alpha value is -3.35. The third-order valence-electron chi connectivity index (χ3n) is 5.56. The molecule has 0 aromatic heterocycles. The minimum atomic E-state index is -1.30. The molecule has 29 heavy (non-hydrogen) atoms. The van der Waals surface area contributed by atoms with Crippen LogP contribution in [0.5, 0.6) is 5.75 Å². The first kappa shape index (κ1) is 19.0. The summed E-state index contributed by atoms with van der Waals surface area (Å²) in [5.41, 5.74) is 1.20. The summed E-state index contributed by atoms with van der Waals surface area (Å²) in [4.78, 5) is 39.0. The number of fused-ring (bicyclic) bond motifs is 2. The number of nitrogens with zero attached hydrogens (tertiary/aromatic N) is 1. The number of methoxy groups -OCH3 is 1. The van der Waals surface area contributed by atoms with Gasteiger partial charge in [0.2, 0.25) is 11.5 Å². The third kappa shape index (κ3) is 3.12. The van der Waals surface area contributed by atoms with Crippen molar-refractivity contribution in [3.63, 3.8) is 0 Å². The van der Waals surface area contributed by atoms with Crippen molar-refractivity contribution in [3.8, 4) is 5.75 Å². The summed E-state index contributed by atoms with van der Waals surface area (Å²) < 4.78 is 10.8. The van der Waals surface area contributed by atoms with Crippen LogP contribution in [0.15, 0.2) is 48.5 Å². The molecule has 1 N–H and O–H groups in total. The fourth-order valence-corrected chi connectivity index (χ4v) is 4.12. The quantitative estimate of drug-likeness (QED) is 0.843. The molecule has 2 atom stereocenters. The van der Waals surface area contributed by atoms with Crippen LogP contribution in [0.1, 0.15) is 36.1 Å². The second kappa shape index (κ2) is 7.24. The molecular formula is C22H22N2O5. The predicted molar refractivity (Wildman–Crippen MR) is 104 cm³/mol. The molecule has 1 aliphatic heterocycles. The van der Waals surface area contributed by atoms with Gasteiger partial charge in [-0.25, -0.2) is 9.69 Å². The van der Waals surface area contributed by atoms with E-state index in [1.54, 1.807) is 19.2 Å². The number of carbonyl (C=O) groups is 3. The number of rotatable bonds is 5. The minimum Gasteiger partial charge on any atom is -0.496 e. The van der Waals surface area contributed by atoms with Crippen LogP contribution in [0.25, 0.3) is 0 Å². The first-order valence-electron chi connectivity index (χ1n) is 9.52. The first-order valence-corrected chi connectivity index (χ1v) is 9.52. The summed E-state index contributed by atoms with van der Waals surface area (Å²) in [6, 6.07) is 14.4. The largest absolute Gasteiger partial charge is 0.496 e. The van der Waals surface area contributed by atoms with Crippen LogP contribution in [0.4, 0.5) is 4.79 Å². The van der Waals surface area contributed by atoms with Crippen molar-refractivity contribution in [2.45, 2.75) is 31.4 Å². The Kier molecular flexibility index (Phi) is 4.74. The van der Waals surface area contributed by atoms with E-state index in [0.29, 0.717) is 24.2 Å². The molecule has 1 spiro atoms. The lowest BCUT2D eigenvalue weighted by molar-refractivity contribution is -0.139. The highest BCUT2D eigenvalue weighted by Gasteiger charge is 2.58. The lowest BCUT2D eigenvalue weighted by Crippen LogP contribution is -2.43. The van der Waals surface area contributed by atoms with E-state index in [1.807, 2.05) is 43.3 Å². The molecule has 2 aromatic carbocycles. The molecule has 1 saturated heterocycles. The fourth-order valence-electron chi connectivity index (χ4n) is 4.12. The van der Waals surface area contributed by atoms with E-state index in [1.165, 1.54) is 0 Å². The SMILES string of the molecule is COc1ccccc1[C@@H](C)NC(=O)CN1C(=O)O[C@]2(CCc3ccccc32)C1=O. The van der Waals surface area contributed by atoms with Gasteiger partial charge in [0, 0.05) is 17.5 Å². The highest BCUT2D eigenvalue weighted by Crippen LogP contribution is 2.45. The molecule has 0 unspecified atom stereocenters. The van der Waals surface area contributed by atoms with Crippen LogP contribution in [0.3, 0.4) is 0 Å². The highest BCUT2D eigenvalue weighted by atomic mass is 16.6. The lowest BCUT2D eigenvalue weighted by atomic mass is 9.95. The summed E-state index contributed by atoms with van der Waals surface area (Å²) in [7, 11) is 1.56. The van der Waals surface area contributed by atoms with Crippen LogP contribution in [-0.4, -0.2) is 36.5 Å². The van der Waals surface area contributed by atoms with E-state index < -0.39 is 23.5 Å². The second-order valence-corrected chi connectivity index (χ2v) is 7.27. The standard InChI is InChI=1S/C22H22N2O5/c1-14(16-8-4-6-10-18(16)28-2)23-19(25)13-24-20(26)22(29-21(24)27)12-11-15-7-3-5-9-17(15)22/h3-10,14H,11-13H2,1-2H3,(H,23,25)/t14-,22+/m1/s1. The predicted octanol–water partition coefficient (Wildman–Crippen LogP) is 2.69. The summed E-state index contributed by atoms with van der Waals surface area (Å²) >= 11 is 0. The van der Waals surface area contributed by atoms with Crippen LogP contribution in [-0.2, 0) is 26.3 Å². The normalized spacial score (nSPS) is 21.1. The Morgan fingerprint density at radius 1 is 1.21 bits per heavy atom. The molecule has 0 radical (unpaired) electrons. The molecule has 0 bridgehead atoms. The average molecular weight is 394 g/mol. The number of hydrogen-bond donors (Lipinski definition) is 1. The van der Waals surface area contributed by atoms with Gasteiger partial charge in [0.1, 0.15) is 12.3 Å². The zero-order valence-electron chi connectivity index (χ0n) is 16.3. The van der Waals surface area contributed by atoms with Gasteiger partial charge in [0.05, 0.1) is 13.2 Å². The molecule has 2 aromatic rings. The van der Waals surface area contributed by atoms with E-state index in [0.717, 1.165) is 16.0 Å². The van der Waals surface area contributed by atoms with Crippen molar-refractivity contribution >= 4 is 17.9 Å². The number of hydrogen-bond acceptors (Lipinski definition) is 5. The third-order valence-corrected chi connectivity index (χ3v) is 5.56. The van der Waals surface area contributed by atoms with E-state index in [2.05, 4.69) is 5.32 Å². The Bertz CT molecular complexity index is 989. The number of nitrogens with one attached hydrogen (secondary N) is 1. The van der Waals surface area contributed by atoms with Gasteiger partial charge in [-0.1, -0.05) is 42.5 Å². The van der Waals surface area contributed by atoms with Crippen LogP contribution >= 0.6 is 0 Å². The van der Waals surface area contributed by atoms with E-state index in [9.17, 15) is 14.4 Å². The Morgan fingerprint density at radius 2 is 1.93 bits per heavy atom. The van der Waals surface area contributed by atoms with Crippen molar-refractivity contribution in [2.24, 2.45) is 0 Å². The molecule has 3 amide bonds. The van der Waals surface area contributed by atoms with Crippen LogP contribution in [0, 0.1) is 0 Å². The fraction of sp³-hybridized carbons (Fsp3) is 0.318. The van der Waals surface area contributed by atoms with Crippen LogP contribution < -0.4 is 10.1 Å². The maximum Gasteiger partial charge on any atom is 0.418 e. The molecule has 1 heterocycles. The first-order chi connectivity index (χ1) is 14.0. The highest BCUT2D eigenvalue weighted by molar-refractivity contribution is 6.06. The van der Waals surface area contributed by atoms with Gasteiger partial charge >= 0.3 is 6.09 Å². The van der Waals surface area contributed by atoms with Gasteiger partial charge in [-0.05, 0) is 25.0 Å². The maximum absolute atomic E-state index is 13.1. The number of ether oxygens (including phenoxy) is 2. The zero-order chi connectivity index (χ0) is 20.6. The Morgan fingerprint density at radius 3 is 2.72 bits per heavy atom. The van der Waals surface area contributed by atoms with Gasteiger partial charge in [-0.2, -0.15) is 0 Å². The number of benzene rings is 2. The second-order valence-electron chi connectivity index (χ2n) is 7.27. The number of imide groups is 1. The molecule has 4 rings (SSSR count). The van der Waals surface area contributed by atoms with E-state index in [4.69, 9.17) is 9.47 Å². The topological polar surface area (TPSA) is 84.9 Å². The zero-order valence-corrected chi connectivity index (χ0v) is 16.3. The molecular weight excluding hydrogens is 372 g/mol. The van der Waals surface area contributed by atoms with Gasteiger partial charge in [-0.15, -0.1) is 0 Å². The molecule has 1 fully saturated rings. The number of amides is 3. The lowest BCUT2D eigenvalue weighted by Gasteiger charge is -2.21. The average Bonchev–Trinajstić information content (AvgIpc) is 3.21. The maximum atomic E-state index is 13.1. The molecule has 7 nitrogen and oxygen atoms in total. The summed E-state index contributed by atoms with van der Waals surface area (Å²) in [6.45, 7) is 1.43. The summed E-state index contributed by atoms with van der Waals surface area (Å²) in [5.74, 6) is -0.275. The van der Waals surface area contributed by atoms with E-state index >= 15 is 0 Å². The van der Waals surface area contributed by atoms with Crippen molar-refractivity contribution < 1.29 is 23.9 Å². The van der Waals surface area contributed by atoms with Gasteiger partial charge in [0.15, 0.2) is 0 Å². The number of para-hydroxylation sites is 1. The Balaban J connectivity index is 1.48. The van der Waals surface area contributed by atoms with E-state index in [-0.39, 0.29) is 12.6 Å². The van der Waals surface area contributed by atoms with Crippen molar-refractivity contribution in [1.29, 1.82) is 0 Å². The molecule has 0 saturated carbocycles. The molecule has 2 aliphatic rings. The summed E-state index contributed by atoms with van der Waals surface area (Å²) in [6.07, 6.45) is 0.263. The van der Waals surface area contributed by atoms with Crippen molar-refractivity contribution in [2.75, 3.05) is 13.7 Å². The monoisotopic (exact) mass is 394 g/mol. The van der Waals surface area contributed by atoms with Crippen molar-refractivity contribution in [3.05, 3.63) is 65.2 Å².